The van der Waals surface area contributed by atoms with Crippen LogP contribution in [0.25, 0.3) is 0 Å². The molecule has 0 aromatic heterocycles. The highest BCUT2D eigenvalue weighted by Crippen LogP contribution is 2.27. The lowest BCUT2D eigenvalue weighted by atomic mass is 10.0. The molecule has 0 aromatic rings. The van der Waals surface area contributed by atoms with Crippen LogP contribution < -0.4 is 0 Å². The topological polar surface area (TPSA) is 37.3 Å². The highest BCUT2D eigenvalue weighted by Gasteiger charge is 2.30. The highest BCUT2D eigenvalue weighted by molar-refractivity contribution is 5.66. The van der Waals surface area contributed by atoms with Gasteiger partial charge >= 0.3 is 5.97 Å². The SMILES string of the molecule is CC(C)CC(F)(F)CCC(=O)O. The molecule has 0 bridgehead atoms. The van der Waals surface area contributed by atoms with Crippen molar-refractivity contribution in [3.8, 4) is 0 Å². The molecule has 0 rings (SSSR count). The minimum Gasteiger partial charge on any atom is -0.481 e. The molecule has 4 heteroatoms. The van der Waals surface area contributed by atoms with Crippen LogP contribution in [0.1, 0.15) is 33.1 Å². The molecule has 2 nitrogen and oxygen atoms in total. The molecule has 0 heterocycles. The van der Waals surface area contributed by atoms with Crippen LogP contribution in [0.3, 0.4) is 0 Å². The van der Waals surface area contributed by atoms with Gasteiger partial charge in [-0.3, -0.25) is 4.79 Å². The Balaban J connectivity index is 3.78. The van der Waals surface area contributed by atoms with Crippen LogP contribution in [0.15, 0.2) is 0 Å². The Bertz CT molecular complexity index is 155. The predicted octanol–water partition coefficient (Wildman–Crippen LogP) is 2.53. The second kappa shape index (κ2) is 4.38. The van der Waals surface area contributed by atoms with Gasteiger partial charge in [0.1, 0.15) is 0 Å². The zero-order valence-electron chi connectivity index (χ0n) is 7.31. The van der Waals surface area contributed by atoms with Crippen molar-refractivity contribution in [2.45, 2.75) is 39.0 Å². The molecule has 1 N–H and O–H groups in total. The summed E-state index contributed by atoms with van der Waals surface area (Å²) in [5, 5.41) is 8.18. The number of alkyl halides is 2. The van der Waals surface area contributed by atoms with Crippen LogP contribution in [0.2, 0.25) is 0 Å². The zero-order valence-corrected chi connectivity index (χ0v) is 7.31. The second-order valence-electron chi connectivity index (χ2n) is 3.35. The third kappa shape index (κ3) is 6.07. The first kappa shape index (κ1) is 11.3. The number of carboxylic acids is 1. The molecule has 0 amide bonds. The van der Waals surface area contributed by atoms with Gasteiger partial charge in [0.25, 0.3) is 0 Å². The Morgan fingerprint density at radius 2 is 2.00 bits per heavy atom. The summed E-state index contributed by atoms with van der Waals surface area (Å²) in [5.74, 6) is -4.10. The van der Waals surface area contributed by atoms with Gasteiger partial charge < -0.3 is 5.11 Å². The lowest BCUT2D eigenvalue weighted by Gasteiger charge is -2.16. The van der Waals surface area contributed by atoms with E-state index in [4.69, 9.17) is 5.11 Å². The fourth-order valence-electron chi connectivity index (χ4n) is 0.989. The van der Waals surface area contributed by atoms with Crippen molar-refractivity contribution in [3.63, 3.8) is 0 Å². The van der Waals surface area contributed by atoms with Gasteiger partial charge in [-0.2, -0.15) is 0 Å². The summed E-state index contributed by atoms with van der Waals surface area (Å²) in [7, 11) is 0. The lowest BCUT2D eigenvalue weighted by Crippen LogP contribution is -2.20. The van der Waals surface area contributed by atoms with Crippen molar-refractivity contribution in [2.24, 2.45) is 5.92 Å². The first-order valence-electron chi connectivity index (χ1n) is 3.93. The van der Waals surface area contributed by atoms with E-state index >= 15 is 0 Å². The molecule has 0 radical (unpaired) electrons. The Hall–Kier alpha value is -0.670. The first-order chi connectivity index (χ1) is 5.33. The summed E-state index contributed by atoms with van der Waals surface area (Å²) < 4.78 is 25.5. The van der Waals surface area contributed by atoms with Gasteiger partial charge in [0.2, 0.25) is 5.92 Å². The van der Waals surface area contributed by atoms with Gasteiger partial charge in [-0.15, -0.1) is 0 Å². The van der Waals surface area contributed by atoms with E-state index in [-0.39, 0.29) is 12.3 Å². The van der Waals surface area contributed by atoms with E-state index < -0.39 is 24.7 Å². The van der Waals surface area contributed by atoms with Crippen molar-refractivity contribution in [1.29, 1.82) is 0 Å². The Morgan fingerprint density at radius 3 is 2.33 bits per heavy atom. The van der Waals surface area contributed by atoms with Crippen LogP contribution in [-0.4, -0.2) is 17.0 Å². The number of carbonyl (C=O) groups is 1. The Labute approximate surface area is 70.6 Å². The van der Waals surface area contributed by atoms with Gasteiger partial charge in [-0.1, -0.05) is 13.8 Å². The summed E-state index contributed by atoms with van der Waals surface area (Å²) in [4.78, 5) is 10.00. The molecule has 0 saturated carbocycles. The molecule has 0 aliphatic carbocycles. The molecule has 0 atom stereocenters. The molecule has 0 spiro atoms. The molecule has 12 heavy (non-hydrogen) atoms. The number of hydrogen-bond acceptors (Lipinski definition) is 1. The van der Waals surface area contributed by atoms with Crippen LogP contribution in [0.4, 0.5) is 8.78 Å². The largest absolute Gasteiger partial charge is 0.481 e. The van der Waals surface area contributed by atoms with Crippen LogP contribution in [0, 0.1) is 5.92 Å². The molecule has 0 aliphatic rings. The monoisotopic (exact) mass is 180 g/mol. The molecule has 0 saturated heterocycles. The van der Waals surface area contributed by atoms with Crippen LogP contribution in [-0.2, 0) is 4.79 Å². The first-order valence-corrected chi connectivity index (χ1v) is 3.93. The van der Waals surface area contributed by atoms with E-state index in [0.717, 1.165) is 0 Å². The second-order valence-corrected chi connectivity index (χ2v) is 3.35. The van der Waals surface area contributed by atoms with E-state index in [9.17, 15) is 13.6 Å². The maximum atomic E-state index is 12.8. The number of aliphatic carboxylic acids is 1. The molecule has 0 aromatic carbocycles. The number of halogens is 2. The van der Waals surface area contributed by atoms with Crippen molar-refractivity contribution in [3.05, 3.63) is 0 Å². The number of carboxylic acid groups (broad SMARTS) is 1. The summed E-state index contributed by atoms with van der Waals surface area (Å²) in [5.41, 5.74) is 0. The number of hydrogen-bond donors (Lipinski definition) is 1. The fraction of sp³-hybridized carbons (Fsp3) is 0.875. The summed E-state index contributed by atoms with van der Waals surface area (Å²) in [6.45, 7) is 3.38. The molecule has 0 fully saturated rings. The maximum absolute atomic E-state index is 12.8. The molecular formula is C8H14F2O2. The van der Waals surface area contributed by atoms with E-state index in [0.29, 0.717) is 0 Å². The molecular weight excluding hydrogens is 166 g/mol. The minimum absolute atomic E-state index is 0.103. The maximum Gasteiger partial charge on any atom is 0.303 e. The zero-order chi connectivity index (χ0) is 9.78. The highest BCUT2D eigenvalue weighted by atomic mass is 19.3. The Morgan fingerprint density at radius 1 is 1.50 bits per heavy atom. The number of rotatable bonds is 5. The Kier molecular flexibility index (Phi) is 4.13. The normalized spacial score (nSPS) is 12.1. The van der Waals surface area contributed by atoms with E-state index in [2.05, 4.69) is 0 Å². The van der Waals surface area contributed by atoms with Gasteiger partial charge in [0.05, 0.1) is 6.42 Å². The summed E-state index contributed by atoms with van der Waals surface area (Å²) in [6, 6.07) is 0. The third-order valence-corrected chi connectivity index (χ3v) is 1.41. The van der Waals surface area contributed by atoms with E-state index in [1.54, 1.807) is 13.8 Å². The quantitative estimate of drug-likeness (QED) is 0.705. The van der Waals surface area contributed by atoms with Crippen LogP contribution >= 0.6 is 0 Å². The molecule has 0 aliphatic heterocycles. The summed E-state index contributed by atoms with van der Waals surface area (Å²) >= 11 is 0. The minimum atomic E-state index is -2.83. The average Bonchev–Trinajstić information content (AvgIpc) is 1.81. The van der Waals surface area contributed by atoms with Crippen molar-refractivity contribution in [1.82, 2.24) is 0 Å². The van der Waals surface area contributed by atoms with E-state index in [1.165, 1.54) is 0 Å². The predicted molar refractivity (Wildman–Crippen MR) is 41.3 cm³/mol. The molecule has 0 unspecified atom stereocenters. The van der Waals surface area contributed by atoms with Gasteiger partial charge in [-0.05, 0) is 5.92 Å². The average molecular weight is 180 g/mol. The molecule has 72 valence electrons. The van der Waals surface area contributed by atoms with E-state index in [1.807, 2.05) is 0 Å². The smallest absolute Gasteiger partial charge is 0.303 e. The van der Waals surface area contributed by atoms with Crippen molar-refractivity contribution >= 4 is 5.97 Å². The fourth-order valence-corrected chi connectivity index (χ4v) is 0.989. The standard InChI is InChI=1S/C8H14F2O2/c1-6(2)5-8(9,10)4-3-7(11)12/h6H,3-5H2,1-2H3,(H,11,12). The summed E-state index contributed by atoms with van der Waals surface area (Å²) in [6.07, 6.45) is -1.25. The third-order valence-electron chi connectivity index (χ3n) is 1.41. The van der Waals surface area contributed by atoms with Gasteiger partial charge in [0.15, 0.2) is 0 Å². The van der Waals surface area contributed by atoms with Gasteiger partial charge in [0, 0.05) is 12.8 Å². The van der Waals surface area contributed by atoms with Crippen molar-refractivity contribution in [2.75, 3.05) is 0 Å². The lowest BCUT2D eigenvalue weighted by molar-refractivity contribution is -0.139. The van der Waals surface area contributed by atoms with Gasteiger partial charge in [-0.25, -0.2) is 8.78 Å². The van der Waals surface area contributed by atoms with Crippen molar-refractivity contribution < 1.29 is 18.7 Å². The van der Waals surface area contributed by atoms with Crippen LogP contribution in [0.5, 0.6) is 0 Å².